The molecule has 5 rings (SSSR count). The zero-order chi connectivity index (χ0) is 37.4. The number of hydrogen-bond acceptors (Lipinski definition) is 6. The largest absolute Gasteiger partial charge is 0.417 e. The van der Waals surface area contributed by atoms with Crippen LogP contribution in [-0.4, -0.2) is 76.2 Å². The molecule has 11 nitrogen and oxygen atoms in total. The predicted octanol–water partition coefficient (Wildman–Crippen LogP) is 5.04. The molecule has 4 N–H and O–H groups in total. The topological polar surface area (TPSA) is 142 Å². The molecule has 2 unspecified atom stereocenters. The van der Waals surface area contributed by atoms with E-state index in [9.17, 15) is 24.3 Å². The highest BCUT2D eigenvalue weighted by molar-refractivity contribution is 6.30. The van der Waals surface area contributed by atoms with Crippen molar-refractivity contribution in [3.8, 4) is 0 Å². The summed E-state index contributed by atoms with van der Waals surface area (Å²) in [6, 6.07) is 11.4. The fourth-order valence-corrected chi connectivity index (χ4v) is 7.71. The Labute approximate surface area is 311 Å². The molecule has 6 atom stereocenters. The third-order valence-corrected chi connectivity index (χ3v) is 11.3. The highest BCUT2D eigenvalue weighted by Crippen LogP contribution is 2.32. The van der Waals surface area contributed by atoms with Crippen molar-refractivity contribution in [3.63, 3.8) is 0 Å². The van der Waals surface area contributed by atoms with E-state index in [1.165, 1.54) is 0 Å². The molecule has 2 aliphatic rings. The first-order valence-corrected chi connectivity index (χ1v) is 19.2. The quantitative estimate of drug-likeness (QED) is 0.181. The van der Waals surface area contributed by atoms with Crippen molar-refractivity contribution in [2.45, 2.75) is 121 Å². The van der Waals surface area contributed by atoms with Crippen molar-refractivity contribution in [2.75, 3.05) is 13.7 Å². The second-order valence-electron chi connectivity index (χ2n) is 14.4. The molecule has 12 heteroatoms. The molecule has 3 heterocycles. The lowest BCUT2D eigenvalue weighted by Gasteiger charge is -2.39. The smallest absolute Gasteiger partial charge is 0.246 e. The Kier molecular flexibility index (Phi) is 13.3. The van der Waals surface area contributed by atoms with Gasteiger partial charge in [-0.3, -0.25) is 19.2 Å². The number of halogens is 1. The number of nitrogens with one attached hydrogen (secondary N) is 3. The summed E-state index contributed by atoms with van der Waals surface area (Å²) in [5.74, 6) is -1.74. The second kappa shape index (κ2) is 17.6. The molecule has 3 aromatic rings. The number of piperidine rings is 1. The molecule has 0 bridgehead atoms. The maximum Gasteiger partial charge on any atom is 0.246 e. The minimum atomic E-state index is -1.03. The molecule has 0 aliphatic carbocycles. The molecule has 2 aliphatic heterocycles. The Balaban J connectivity index is 1.39. The normalized spacial score (nSPS) is 23.4. The number of hydrogen-bond donors (Lipinski definition) is 4. The van der Waals surface area contributed by atoms with Gasteiger partial charge >= 0.3 is 0 Å². The average Bonchev–Trinajstić information content (AvgIpc) is 3.52. The number of aliphatic hydroxyl groups is 1. The number of rotatable bonds is 13. The number of para-hydroxylation sites is 1. The van der Waals surface area contributed by atoms with E-state index in [2.05, 4.69) is 16.0 Å². The van der Waals surface area contributed by atoms with Gasteiger partial charge in [0.2, 0.25) is 23.6 Å². The molecule has 4 amide bonds. The van der Waals surface area contributed by atoms with Crippen LogP contribution in [0, 0.1) is 5.92 Å². The van der Waals surface area contributed by atoms with Crippen LogP contribution in [0.3, 0.4) is 0 Å². The van der Waals surface area contributed by atoms with Crippen LogP contribution in [0.1, 0.15) is 96.1 Å². The molecule has 0 radical (unpaired) electrons. The Morgan fingerprint density at radius 3 is 2.35 bits per heavy atom. The fraction of sp³-hybridized carbons (Fsp3) is 0.550. The van der Waals surface area contributed by atoms with Crippen LogP contribution in [0.5, 0.6) is 0 Å². The van der Waals surface area contributed by atoms with Gasteiger partial charge in [-0.2, -0.15) is 4.73 Å². The minimum Gasteiger partial charge on any atom is -0.417 e. The molecule has 2 fully saturated rings. The molecule has 2 aromatic carbocycles. The van der Waals surface area contributed by atoms with Crippen LogP contribution in [0.2, 0.25) is 5.02 Å². The molecule has 0 spiro atoms. The SMILES string of the molecule is CCC(C)[C@@H]1NC(=O)[C@H](Cc2cn(OC)c3ccccc23)NC(=O)[C@H](CCCCCC(O)(CC)c2ccc(Cl)cc2)NC(=O)[C@H]2CCCCN2C1=O. The van der Waals surface area contributed by atoms with Crippen LogP contribution >= 0.6 is 11.6 Å². The van der Waals surface area contributed by atoms with Crippen molar-refractivity contribution >= 4 is 46.1 Å². The first kappa shape index (κ1) is 39.1. The van der Waals surface area contributed by atoms with Crippen LogP contribution in [0.25, 0.3) is 10.9 Å². The van der Waals surface area contributed by atoms with Crippen molar-refractivity contribution in [2.24, 2.45) is 5.92 Å². The lowest BCUT2D eigenvalue weighted by Crippen LogP contribution is -2.64. The Morgan fingerprint density at radius 2 is 1.63 bits per heavy atom. The van der Waals surface area contributed by atoms with Gasteiger partial charge in [0.25, 0.3) is 0 Å². The first-order valence-electron chi connectivity index (χ1n) is 18.8. The summed E-state index contributed by atoms with van der Waals surface area (Å²) < 4.78 is 1.62. The molecule has 2 saturated heterocycles. The summed E-state index contributed by atoms with van der Waals surface area (Å²) in [6.07, 6.45) is 8.01. The molecular weight excluding hydrogens is 682 g/mol. The van der Waals surface area contributed by atoms with E-state index < -0.39 is 41.6 Å². The standard InChI is InChI=1S/C40H54ClN5O6/c1-5-26(3)35-39(50)45-23-13-11-17-34(45)38(49)42-31(15-8-7-12-22-40(51,6-2)28-18-20-29(41)21-19-28)36(47)43-32(37(48)44-35)24-27-25-46(52-4)33-16-10-9-14-30(27)33/h9-10,14,16,18-21,25-26,31-32,34-35,51H,5-8,11-13,15,17,22-24H2,1-4H3,(H,42,49)(H,43,47)(H,44,48)/t26?,31-,32-,34+,35-,40?/m0/s1. The van der Waals surface area contributed by atoms with Crippen molar-refractivity contribution < 1.29 is 29.1 Å². The van der Waals surface area contributed by atoms with Gasteiger partial charge in [0.1, 0.15) is 31.3 Å². The summed E-state index contributed by atoms with van der Waals surface area (Å²) in [7, 11) is 1.56. The van der Waals surface area contributed by atoms with Gasteiger partial charge < -0.3 is 30.8 Å². The maximum atomic E-state index is 14.2. The predicted molar refractivity (Wildman–Crippen MR) is 201 cm³/mol. The van der Waals surface area contributed by atoms with E-state index in [1.54, 1.807) is 35.1 Å². The van der Waals surface area contributed by atoms with Gasteiger partial charge in [-0.05, 0) is 73.8 Å². The Hall–Kier alpha value is -4.09. The molecule has 282 valence electrons. The maximum absolute atomic E-state index is 14.2. The molecule has 0 saturated carbocycles. The van der Waals surface area contributed by atoms with Crippen LogP contribution in [0.15, 0.2) is 54.7 Å². The van der Waals surface area contributed by atoms with E-state index in [0.29, 0.717) is 62.9 Å². The van der Waals surface area contributed by atoms with Crippen molar-refractivity contribution in [1.82, 2.24) is 25.6 Å². The zero-order valence-corrected chi connectivity index (χ0v) is 31.6. The van der Waals surface area contributed by atoms with Crippen molar-refractivity contribution in [3.05, 3.63) is 70.9 Å². The van der Waals surface area contributed by atoms with Crippen LogP contribution < -0.4 is 20.8 Å². The number of carbonyl (C=O) groups is 4. The number of nitrogens with zero attached hydrogens (tertiary/aromatic N) is 2. The van der Waals surface area contributed by atoms with E-state index in [0.717, 1.165) is 34.9 Å². The van der Waals surface area contributed by atoms with Crippen LogP contribution in [0.4, 0.5) is 0 Å². The third-order valence-electron chi connectivity index (χ3n) is 11.1. The molecule has 1 aromatic heterocycles. The summed E-state index contributed by atoms with van der Waals surface area (Å²) in [5, 5.41) is 21.8. The monoisotopic (exact) mass is 735 g/mol. The summed E-state index contributed by atoms with van der Waals surface area (Å²) in [4.78, 5) is 63.6. The summed E-state index contributed by atoms with van der Waals surface area (Å²) in [6.45, 7) is 6.23. The molecule has 52 heavy (non-hydrogen) atoms. The van der Waals surface area contributed by atoms with Gasteiger partial charge in [-0.25, -0.2) is 0 Å². The number of benzene rings is 2. The number of carbonyl (C=O) groups excluding carboxylic acids is 4. The highest BCUT2D eigenvalue weighted by Gasteiger charge is 2.41. The number of fused-ring (bicyclic) bond motifs is 2. The Morgan fingerprint density at radius 1 is 0.923 bits per heavy atom. The molecular formula is C40H54ClN5O6. The van der Waals surface area contributed by atoms with E-state index in [4.69, 9.17) is 16.4 Å². The average molecular weight is 736 g/mol. The van der Waals surface area contributed by atoms with Gasteiger partial charge in [0, 0.05) is 29.6 Å². The van der Waals surface area contributed by atoms with Crippen LogP contribution in [-0.2, 0) is 31.2 Å². The number of amides is 4. The van der Waals surface area contributed by atoms with Gasteiger partial charge in [0.15, 0.2) is 0 Å². The lowest BCUT2D eigenvalue weighted by atomic mass is 9.86. The minimum absolute atomic E-state index is 0.142. The summed E-state index contributed by atoms with van der Waals surface area (Å²) in [5.41, 5.74) is 1.42. The van der Waals surface area contributed by atoms with E-state index >= 15 is 0 Å². The van der Waals surface area contributed by atoms with Crippen molar-refractivity contribution in [1.29, 1.82) is 0 Å². The Bertz CT molecular complexity index is 1710. The van der Waals surface area contributed by atoms with E-state index in [1.807, 2.05) is 57.2 Å². The van der Waals surface area contributed by atoms with Gasteiger partial charge in [-0.1, -0.05) is 88.4 Å². The van der Waals surface area contributed by atoms with E-state index in [-0.39, 0.29) is 24.2 Å². The number of unbranched alkanes of at least 4 members (excludes halogenated alkanes) is 2. The highest BCUT2D eigenvalue weighted by atomic mass is 35.5. The third kappa shape index (κ3) is 8.92. The van der Waals surface area contributed by atoms with Gasteiger partial charge in [-0.15, -0.1) is 0 Å². The van der Waals surface area contributed by atoms with Gasteiger partial charge in [0.05, 0.1) is 11.1 Å². The first-order chi connectivity index (χ1) is 25.0. The zero-order valence-electron chi connectivity index (χ0n) is 30.8. The fourth-order valence-electron chi connectivity index (χ4n) is 7.58. The second-order valence-corrected chi connectivity index (χ2v) is 14.8. The number of aromatic nitrogens is 1. The lowest BCUT2D eigenvalue weighted by molar-refractivity contribution is -0.147. The summed E-state index contributed by atoms with van der Waals surface area (Å²) >= 11 is 6.07.